The molecule has 0 unspecified atom stereocenters. The molecule has 0 N–H and O–H groups in total. The third-order valence-electron chi connectivity index (χ3n) is 5.60. The maximum absolute atomic E-state index is 2.36. The Bertz CT molecular complexity index is 412. The van der Waals surface area contributed by atoms with Crippen molar-refractivity contribution in [2.75, 3.05) is 0 Å². The molecule has 1 heterocycles. The average Bonchev–Trinajstić information content (AvgIpc) is 2.68. The molecule has 0 atom stereocenters. The van der Waals surface area contributed by atoms with Gasteiger partial charge in [-0.3, -0.25) is 0 Å². The van der Waals surface area contributed by atoms with Crippen LogP contribution in [0.5, 0.6) is 0 Å². The van der Waals surface area contributed by atoms with Gasteiger partial charge in [-0.25, -0.2) is 4.57 Å². The molecule has 1 nitrogen and oxygen atoms in total. The molecule has 0 spiro atoms. The smallest absolute Gasteiger partial charge is 0.171 e. The van der Waals surface area contributed by atoms with Crippen LogP contribution in [0.2, 0.25) is 0 Å². The van der Waals surface area contributed by atoms with Crippen LogP contribution in [0.4, 0.5) is 0 Å². The van der Waals surface area contributed by atoms with E-state index in [1.807, 2.05) is 0 Å². The second-order valence-electron chi connectivity index (χ2n) is 8.11. The van der Waals surface area contributed by atoms with Gasteiger partial charge in [0.25, 0.3) is 0 Å². The van der Waals surface area contributed by atoms with Gasteiger partial charge in [-0.05, 0) is 18.9 Å². The normalized spacial score (nSPS) is 11.2. The Kier molecular flexibility index (Phi) is 15.7. The zero-order valence-electron chi connectivity index (χ0n) is 18.0. The van der Waals surface area contributed by atoms with Crippen molar-refractivity contribution >= 4 is 0 Å². The SMILES string of the molecule is CCCCCCCCCCCCCCCCCC[n+]1cccc(CC)c1. The molecule has 0 fully saturated rings. The largest absolute Gasteiger partial charge is 0.205 e. The second kappa shape index (κ2) is 17.6. The Labute approximate surface area is 164 Å². The maximum atomic E-state index is 2.36. The zero-order valence-corrected chi connectivity index (χ0v) is 18.0. The first-order chi connectivity index (χ1) is 12.9. The Hall–Kier alpha value is -0.850. The number of hydrogen-bond acceptors (Lipinski definition) is 0. The minimum atomic E-state index is 1.14. The molecule has 1 aromatic heterocycles. The Morgan fingerprint density at radius 1 is 0.615 bits per heavy atom. The van der Waals surface area contributed by atoms with Crippen LogP contribution < -0.4 is 4.57 Å². The summed E-state index contributed by atoms with van der Waals surface area (Å²) >= 11 is 0. The minimum Gasteiger partial charge on any atom is -0.205 e. The van der Waals surface area contributed by atoms with Crippen LogP contribution in [-0.4, -0.2) is 0 Å². The van der Waals surface area contributed by atoms with Crippen molar-refractivity contribution in [1.82, 2.24) is 0 Å². The number of pyridine rings is 1. The standard InChI is InChI=1S/C25H46N/c1-3-5-6-7-8-9-10-11-12-13-14-15-16-17-18-19-22-26-23-20-21-25(4-2)24-26/h20-21,23-24H,3-19,22H2,1-2H3/q+1. The lowest BCUT2D eigenvalue weighted by molar-refractivity contribution is -0.697. The van der Waals surface area contributed by atoms with Gasteiger partial charge < -0.3 is 0 Å². The Morgan fingerprint density at radius 3 is 1.54 bits per heavy atom. The van der Waals surface area contributed by atoms with Crippen molar-refractivity contribution in [3.8, 4) is 0 Å². The molecule has 150 valence electrons. The molecule has 1 aromatic rings. The molecule has 0 bridgehead atoms. The molecule has 1 heteroatoms. The maximum Gasteiger partial charge on any atom is 0.171 e. The Balaban J connectivity index is 1.78. The monoisotopic (exact) mass is 360 g/mol. The van der Waals surface area contributed by atoms with Gasteiger partial charge in [0.15, 0.2) is 12.4 Å². The summed E-state index contributed by atoms with van der Waals surface area (Å²) < 4.78 is 2.36. The zero-order chi connectivity index (χ0) is 18.7. The molecule has 1 rings (SSSR count). The molecule has 0 amide bonds. The third-order valence-corrected chi connectivity index (χ3v) is 5.60. The average molecular weight is 361 g/mol. The molecule has 0 saturated heterocycles. The van der Waals surface area contributed by atoms with Crippen molar-refractivity contribution in [1.29, 1.82) is 0 Å². The summed E-state index contributed by atoms with van der Waals surface area (Å²) in [6.07, 6.45) is 28.7. The molecule has 0 saturated carbocycles. The van der Waals surface area contributed by atoms with E-state index >= 15 is 0 Å². The molecule has 0 aliphatic carbocycles. The van der Waals surface area contributed by atoms with E-state index in [0.29, 0.717) is 0 Å². The minimum absolute atomic E-state index is 1.14. The highest BCUT2D eigenvalue weighted by atomic mass is 14.9. The van der Waals surface area contributed by atoms with E-state index in [0.717, 1.165) is 6.42 Å². The lowest BCUT2D eigenvalue weighted by Gasteiger charge is -2.03. The highest BCUT2D eigenvalue weighted by Gasteiger charge is 2.01. The summed E-state index contributed by atoms with van der Waals surface area (Å²) in [7, 11) is 0. The quantitative estimate of drug-likeness (QED) is 0.186. The first-order valence-corrected chi connectivity index (χ1v) is 11.8. The molecule has 26 heavy (non-hydrogen) atoms. The van der Waals surface area contributed by atoms with Gasteiger partial charge in [-0.2, -0.15) is 0 Å². The fourth-order valence-corrected chi connectivity index (χ4v) is 3.77. The van der Waals surface area contributed by atoms with Gasteiger partial charge in [0, 0.05) is 18.1 Å². The predicted octanol–water partition coefficient (Wildman–Crippen LogP) is 7.80. The fraction of sp³-hybridized carbons (Fsp3) is 0.800. The number of nitrogens with zero attached hydrogens (tertiary/aromatic N) is 1. The van der Waals surface area contributed by atoms with Crippen LogP contribution in [0.3, 0.4) is 0 Å². The van der Waals surface area contributed by atoms with E-state index in [-0.39, 0.29) is 0 Å². The van der Waals surface area contributed by atoms with Gasteiger partial charge in [-0.1, -0.05) is 104 Å². The number of aromatic nitrogens is 1. The van der Waals surface area contributed by atoms with Crippen LogP contribution in [-0.2, 0) is 13.0 Å². The number of unbranched alkanes of at least 4 members (excludes halogenated alkanes) is 15. The van der Waals surface area contributed by atoms with Crippen molar-refractivity contribution in [2.24, 2.45) is 0 Å². The van der Waals surface area contributed by atoms with E-state index < -0.39 is 0 Å². The van der Waals surface area contributed by atoms with Crippen molar-refractivity contribution in [2.45, 2.75) is 130 Å². The third kappa shape index (κ3) is 13.4. The molecule has 0 aliphatic heterocycles. The number of hydrogen-bond donors (Lipinski definition) is 0. The summed E-state index contributed by atoms with van der Waals surface area (Å²) in [5.41, 5.74) is 1.45. The second-order valence-corrected chi connectivity index (χ2v) is 8.11. The van der Waals surface area contributed by atoms with Crippen LogP contribution in [0, 0.1) is 0 Å². The van der Waals surface area contributed by atoms with Gasteiger partial charge in [0.05, 0.1) is 0 Å². The van der Waals surface area contributed by atoms with E-state index in [4.69, 9.17) is 0 Å². The molecule has 0 aliphatic rings. The highest BCUT2D eigenvalue weighted by Crippen LogP contribution is 2.13. The van der Waals surface area contributed by atoms with Crippen LogP contribution in [0.25, 0.3) is 0 Å². The summed E-state index contributed by atoms with van der Waals surface area (Å²) in [5.74, 6) is 0. The van der Waals surface area contributed by atoms with E-state index in [1.165, 1.54) is 115 Å². The van der Waals surface area contributed by atoms with Gasteiger partial charge >= 0.3 is 0 Å². The molecule has 0 radical (unpaired) electrons. The fourth-order valence-electron chi connectivity index (χ4n) is 3.77. The van der Waals surface area contributed by atoms with E-state index in [2.05, 4.69) is 42.9 Å². The highest BCUT2D eigenvalue weighted by molar-refractivity contribution is 5.04. The first kappa shape index (κ1) is 23.2. The summed E-state index contributed by atoms with van der Waals surface area (Å²) in [5, 5.41) is 0. The molecular formula is C25H46N+. The lowest BCUT2D eigenvalue weighted by Crippen LogP contribution is -2.33. The predicted molar refractivity (Wildman–Crippen MR) is 116 cm³/mol. The topological polar surface area (TPSA) is 3.88 Å². The first-order valence-electron chi connectivity index (χ1n) is 11.8. The number of rotatable bonds is 18. The Morgan fingerprint density at radius 2 is 1.08 bits per heavy atom. The van der Waals surface area contributed by atoms with Gasteiger partial charge in [0.2, 0.25) is 0 Å². The summed E-state index contributed by atoms with van der Waals surface area (Å²) in [6, 6.07) is 4.41. The summed E-state index contributed by atoms with van der Waals surface area (Å²) in [4.78, 5) is 0. The van der Waals surface area contributed by atoms with Crippen molar-refractivity contribution < 1.29 is 4.57 Å². The van der Waals surface area contributed by atoms with Crippen molar-refractivity contribution in [3.63, 3.8) is 0 Å². The molecule has 0 aromatic carbocycles. The van der Waals surface area contributed by atoms with E-state index in [9.17, 15) is 0 Å². The molecular weight excluding hydrogens is 314 g/mol. The van der Waals surface area contributed by atoms with Crippen molar-refractivity contribution in [3.05, 3.63) is 30.1 Å². The number of aryl methyl sites for hydroxylation is 2. The van der Waals surface area contributed by atoms with Gasteiger partial charge in [-0.15, -0.1) is 0 Å². The van der Waals surface area contributed by atoms with Crippen LogP contribution in [0.1, 0.15) is 122 Å². The van der Waals surface area contributed by atoms with E-state index in [1.54, 1.807) is 0 Å². The summed E-state index contributed by atoms with van der Waals surface area (Å²) in [6.45, 7) is 5.71. The van der Waals surface area contributed by atoms with Crippen LogP contribution in [0.15, 0.2) is 24.5 Å². The van der Waals surface area contributed by atoms with Crippen LogP contribution >= 0.6 is 0 Å². The lowest BCUT2D eigenvalue weighted by atomic mass is 10.0. The van der Waals surface area contributed by atoms with Gasteiger partial charge in [0.1, 0.15) is 6.54 Å².